The summed E-state index contributed by atoms with van der Waals surface area (Å²) >= 11 is 0. The van der Waals surface area contributed by atoms with E-state index >= 15 is 0 Å². The Morgan fingerprint density at radius 2 is 1.89 bits per heavy atom. The van der Waals surface area contributed by atoms with Crippen LogP contribution in [0.25, 0.3) is 0 Å². The first-order valence-electron chi connectivity index (χ1n) is 8.37. The molecule has 1 saturated carbocycles. The first-order chi connectivity index (χ1) is 9.18. The van der Waals surface area contributed by atoms with Crippen LogP contribution in [0.1, 0.15) is 51.9 Å². The number of hydrogen-bond donors (Lipinski definition) is 2. The van der Waals surface area contributed by atoms with Gasteiger partial charge < -0.3 is 15.3 Å². The van der Waals surface area contributed by atoms with Crippen LogP contribution < -0.4 is 5.32 Å². The molecule has 3 heteroatoms. The van der Waals surface area contributed by atoms with Crippen molar-refractivity contribution in [1.82, 2.24) is 10.2 Å². The molecule has 3 fully saturated rings. The van der Waals surface area contributed by atoms with Crippen LogP contribution in [0.15, 0.2) is 0 Å². The van der Waals surface area contributed by atoms with E-state index in [9.17, 15) is 5.11 Å². The van der Waals surface area contributed by atoms with Crippen LogP contribution in [0.2, 0.25) is 0 Å². The quantitative estimate of drug-likeness (QED) is 0.817. The summed E-state index contributed by atoms with van der Waals surface area (Å²) in [7, 11) is 0. The highest BCUT2D eigenvalue weighted by molar-refractivity contribution is 4.94. The lowest BCUT2D eigenvalue weighted by molar-refractivity contribution is -0.0130. The van der Waals surface area contributed by atoms with Gasteiger partial charge in [0.15, 0.2) is 0 Å². The van der Waals surface area contributed by atoms with Gasteiger partial charge in [0, 0.05) is 19.1 Å². The summed E-state index contributed by atoms with van der Waals surface area (Å²) in [6, 6.07) is 0.659. The molecular formula is C16H30N2O. The van der Waals surface area contributed by atoms with Gasteiger partial charge in [-0.05, 0) is 63.5 Å². The van der Waals surface area contributed by atoms with E-state index in [0.717, 1.165) is 31.2 Å². The Bertz CT molecular complexity index is 299. The SMILES string of the molecule is CCC1CCC(O)(CNC2CCN3CCC2C3)CC1. The highest BCUT2D eigenvalue weighted by Crippen LogP contribution is 2.34. The maximum absolute atomic E-state index is 10.7. The molecule has 0 aromatic heterocycles. The number of hydrogen-bond acceptors (Lipinski definition) is 3. The number of aliphatic hydroxyl groups is 1. The zero-order valence-corrected chi connectivity index (χ0v) is 12.4. The fraction of sp³-hybridized carbons (Fsp3) is 1.00. The van der Waals surface area contributed by atoms with Crippen molar-refractivity contribution in [2.24, 2.45) is 11.8 Å². The molecule has 2 N–H and O–H groups in total. The molecule has 19 heavy (non-hydrogen) atoms. The van der Waals surface area contributed by atoms with Gasteiger partial charge in [-0.2, -0.15) is 0 Å². The average Bonchev–Trinajstić information content (AvgIpc) is 2.81. The van der Waals surface area contributed by atoms with E-state index < -0.39 is 5.60 Å². The van der Waals surface area contributed by atoms with E-state index in [-0.39, 0.29) is 0 Å². The summed E-state index contributed by atoms with van der Waals surface area (Å²) in [5, 5.41) is 14.4. The zero-order chi connectivity index (χ0) is 13.3. The molecule has 2 aliphatic heterocycles. The second-order valence-electron chi connectivity index (χ2n) is 7.20. The summed E-state index contributed by atoms with van der Waals surface area (Å²) in [4.78, 5) is 2.59. The Balaban J connectivity index is 1.46. The lowest BCUT2D eigenvalue weighted by Crippen LogP contribution is -2.51. The predicted octanol–water partition coefficient (Wildman–Crippen LogP) is 2.00. The second kappa shape index (κ2) is 5.71. The summed E-state index contributed by atoms with van der Waals surface area (Å²) < 4.78 is 0. The summed E-state index contributed by atoms with van der Waals surface area (Å²) in [6.45, 7) is 6.94. The smallest absolute Gasteiger partial charge is 0.0771 e. The number of nitrogens with zero attached hydrogens (tertiary/aromatic N) is 1. The maximum Gasteiger partial charge on any atom is 0.0771 e. The van der Waals surface area contributed by atoms with Gasteiger partial charge in [0.05, 0.1) is 5.60 Å². The minimum atomic E-state index is -0.415. The molecule has 3 nitrogen and oxygen atoms in total. The molecule has 3 unspecified atom stereocenters. The number of nitrogens with one attached hydrogen (secondary N) is 1. The molecule has 2 bridgehead atoms. The molecule has 3 atom stereocenters. The van der Waals surface area contributed by atoms with Crippen molar-refractivity contribution in [2.45, 2.75) is 63.5 Å². The van der Waals surface area contributed by atoms with Crippen LogP contribution in [0.5, 0.6) is 0 Å². The highest BCUT2D eigenvalue weighted by atomic mass is 16.3. The van der Waals surface area contributed by atoms with E-state index in [1.165, 1.54) is 51.7 Å². The Kier molecular flexibility index (Phi) is 4.16. The normalized spacial score (nSPS) is 46.4. The fourth-order valence-electron chi connectivity index (χ4n) is 4.34. The number of fused-ring (bicyclic) bond motifs is 2. The molecule has 110 valence electrons. The van der Waals surface area contributed by atoms with Gasteiger partial charge >= 0.3 is 0 Å². The van der Waals surface area contributed by atoms with Crippen LogP contribution in [-0.4, -0.2) is 47.8 Å². The van der Waals surface area contributed by atoms with Crippen LogP contribution in [0.3, 0.4) is 0 Å². The van der Waals surface area contributed by atoms with E-state index in [2.05, 4.69) is 17.1 Å². The van der Waals surface area contributed by atoms with Gasteiger partial charge in [-0.25, -0.2) is 0 Å². The van der Waals surface area contributed by atoms with Crippen molar-refractivity contribution in [1.29, 1.82) is 0 Å². The minimum absolute atomic E-state index is 0.415. The summed E-state index contributed by atoms with van der Waals surface area (Å²) in [5.41, 5.74) is -0.415. The molecule has 2 saturated heterocycles. The first kappa shape index (κ1) is 13.8. The monoisotopic (exact) mass is 266 g/mol. The predicted molar refractivity (Wildman–Crippen MR) is 78.2 cm³/mol. The Morgan fingerprint density at radius 3 is 2.63 bits per heavy atom. The van der Waals surface area contributed by atoms with Crippen molar-refractivity contribution < 1.29 is 5.11 Å². The van der Waals surface area contributed by atoms with Gasteiger partial charge in [-0.3, -0.25) is 0 Å². The van der Waals surface area contributed by atoms with Crippen molar-refractivity contribution >= 4 is 0 Å². The largest absolute Gasteiger partial charge is 0.389 e. The van der Waals surface area contributed by atoms with Crippen LogP contribution in [0, 0.1) is 11.8 Å². The molecule has 0 radical (unpaired) electrons. The third-order valence-electron chi connectivity index (χ3n) is 5.94. The van der Waals surface area contributed by atoms with Gasteiger partial charge in [0.2, 0.25) is 0 Å². The van der Waals surface area contributed by atoms with E-state index in [1.807, 2.05) is 0 Å². The second-order valence-corrected chi connectivity index (χ2v) is 7.20. The Morgan fingerprint density at radius 1 is 1.16 bits per heavy atom. The maximum atomic E-state index is 10.7. The van der Waals surface area contributed by atoms with Gasteiger partial charge in [0.25, 0.3) is 0 Å². The zero-order valence-electron chi connectivity index (χ0n) is 12.4. The molecule has 3 rings (SSSR count). The molecule has 0 amide bonds. The van der Waals surface area contributed by atoms with Gasteiger partial charge in [-0.15, -0.1) is 0 Å². The van der Waals surface area contributed by atoms with Crippen molar-refractivity contribution in [3.8, 4) is 0 Å². The van der Waals surface area contributed by atoms with E-state index in [1.54, 1.807) is 0 Å². The van der Waals surface area contributed by atoms with Crippen LogP contribution >= 0.6 is 0 Å². The van der Waals surface area contributed by atoms with Crippen molar-refractivity contribution in [3.63, 3.8) is 0 Å². The lowest BCUT2D eigenvalue weighted by Gasteiger charge is -2.39. The molecule has 1 aliphatic carbocycles. The molecular weight excluding hydrogens is 236 g/mol. The third-order valence-corrected chi connectivity index (χ3v) is 5.94. The molecule has 0 spiro atoms. The standard InChI is InChI=1S/C16H30N2O/c1-2-13-3-7-16(19,8-4-13)12-17-15-6-10-18-9-5-14(15)11-18/h13-15,17,19H,2-12H2,1H3. The van der Waals surface area contributed by atoms with E-state index in [4.69, 9.17) is 0 Å². The van der Waals surface area contributed by atoms with Crippen molar-refractivity contribution in [3.05, 3.63) is 0 Å². The Hall–Kier alpha value is -0.120. The van der Waals surface area contributed by atoms with Gasteiger partial charge in [-0.1, -0.05) is 13.3 Å². The summed E-state index contributed by atoms with van der Waals surface area (Å²) in [5.74, 6) is 1.70. The molecule has 0 aromatic carbocycles. The van der Waals surface area contributed by atoms with E-state index in [0.29, 0.717) is 6.04 Å². The summed E-state index contributed by atoms with van der Waals surface area (Å²) in [6.07, 6.45) is 8.35. The Labute approximate surface area is 117 Å². The highest BCUT2D eigenvalue weighted by Gasteiger charge is 2.37. The molecule has 0 aromatic rings. The minimum Gasteiger partial charge on any atom is -0.389 e. The fourth-order valence-corrected chi connectivity index (χ4v) is 4.34. The number of rotatable bonds is 4. The topological polar surface area (TPSA) is 35.5 Å². The van der Waals surface area contributed by atoms with Gasteiger partial charge in [0.1, 0.15) is 0 Å². The van der Waals surface area contributed by atoms with Crippen LogP contribution in [0.4, 0.5) is 0 Å². The van der Waals surface area contributed by atoms with Crippen LogP contribution in [-0.2, 0) is 0 Å². The molecule has 3 aliphatic rings. The average molecular weight is 266 g/mol. The third kappa shape index (κ3) is 3.14. The van der Waals surface area contributed by atoms with Crippen molar-refractivity contribution in [2.75, 3.05) is 26.2 Å². The lowest BCUT2D eigenvalue weighted by atomic mass is 9.77. The number of piperidine rings is 1. The molecule has 2 heterocycles. The first-order valence-corrected chi connectivity index (χ1v) is 8.37.